The first-order valence-corrected chi connectivity index (χ1v) is 10.8. The molecule has 0 spiro atoms. The molecule has 0 aliphatic heterocycles. The molecule has 0 bridgehead atoms. The molecule has 5 aromatic rings. The summed E-state index contributed by atoms with van der Waals surface area (Å²) in [7, 11) is 0. The molecule has 6 rings (SSSR count). The topological polar surface area (TPSA) is 77.6 Å². The third-order valence-electron chi connectivity index (χ3n) is 6.07. The molecule has 150 valence electrons. The van der Waals surface area contributed by atoms with Gasteiger partial charge in [0.1, 0.15) is 22.9 Å². The normalized spacial score (nSPS) is 15.7. The van der Waals surface area contributed by atoms with Crippen molar-refractivity contribution in [3.8, 4) is 21.7 Å². The minimum Gasteiger partial charge on any atom is -0.383 e. The molecule has 1 saturated carbocycles. The largest absolute Gasteiger partial charge is 0.383 e. The number of halogens is 1. The van der Waals surface area contributed by atoms with E-state index in [9.17, 15) is 9.50 Å². The lowest BCUT2D eigenvalue weighted by Crippen LogP contribution is -2.33. The Bertz CT molecular complexity index is 1400. The maximum Gasteiger partial charge on any atom is 0.138 e. The molecular weight excluding hydrogens is 399 g/mol. The van der Waals surface area contributed by atoms with E-state index >= 15 is 0 Å². The van der Waals surface area contributed by atoms with Crippen LogP contribution >= 0.6 is 11.3 Å². The van der Waals surface area contributed by atoms with Gasteiger partial charge in [-0.05, 0) is 49.1 Å². The summed E-state index contributed by atoms with van der Waals surface area (Å²) in [5.41, 5.74) is 4.61. The SMILES string of the molecule is OC1(c2ncc(-c3ccnc4[nH]c(-c5c[nH]c6ccc(CF)cc56)cc34)s2)CCC1. The summed E-state index contributed by atoms with van der Waals surface area (Å²) < 4.78 is 13.2. The minimum atomic E-state index is -0.753. The number of H-pyrrole nitrogens is 2. The number of hydrogen-bond donors (Lipinski definition) is 3. The molecule has 1 aromatic carbocycles. The number of nitrogens with one attached hydrogen (secondary N) is 2. The molecule has 30 heavy (non-hydrogen) atoms. The van der Waals surface area contributed by atoms with Crippen molar-refractivity contribution >= 4 is 33.3 Å². The van der Waals surface area contributed by atoms with Gasteiger partial charge in [0.25, 0.3) is 0 Å². The molecule has 0 atom stereocenters. The van der Waals surface area contributed by atoms with Gasteiger partial charge >= 0.3 is 0 Å². The fraction of sp³-hybridized carbons (Fsp3) is 0.217. The average Bonchev–Trinajstić information content (AvgIpc) is 3.48. The molecule has 0 amide bonds. The number of aromatic nitrogens is 4. The Labute approximate surface area is 175 Å². The molecule has 1 aliphatic rings. The standard InChI is InChI=1S/C23H19FN4OS/c24-10-13-2-3-18-15(8-13)17(11-26-18)19-9-16-14(4-7-25-21(16)28-19)20-12-27-22(30-20)23(29)5-1-6-23/h2-4,7-9,11-12,26,29H,1,5-6,10H2,(H,25,28). The van der Waals surface area contributed by atoms with Crippen LogP contribution in [-0.2, 0) is 12.3 Å². The van der Waals surface area contributed by atoms with Gasteiger partial charge in [-0.3, -0.25) is 0 Å². The Balaban J connectivity index is 1.47. The summed E-state index contributed by atoms with van der Waals surface area (Å²) in [5.74, 6) is 0. The zero-order valence-electron chi connectivity index (χ0n) is 16.1. The highest BCUT2D eigenvalue weighted by atomic mass is 32.1. The number of benzene rings is 1. The van der Waals surface area contributed by atoms with E-state index in [0.717, 1.165) is 67.9 Å². The van der Waals surface area contributed by atoms with Crippen molar-refractivity contribution in [1.82, 2.24) is 19.9 Å². The molecule has 1 aliphatic carbocycles. The van der Waals surface area contributed by atoms with E-state index in [0.29, 0.717) is 5.56 Å². The number of rotatable bonds is 4. The summed E-state index contributed by atoms with van der Waals surface area (Å²) in [6.45, 7) is -0.487. The van der Waals surface area contributed by atoms with Gasteiger partial charge in [-0.15, -0.1) is 11.3 Å². The van der Waals surface area contributed by atoms with Crippen LogP contribution in [0.1, 0.15) is 29.8 Å². The second kappa shape index (κ2) is 6.48. The number of nitrogens with zero attached hydrogens (tertiary/aromatic N) is 2. The first-order chi connectivity index (χ1) is 14.6. The molecule has 4 heterocycles. The third kappa shape index (κ3) is 2.62. The molecular formula is C23H19FN4OS. The summed E-state index contributed by atoms with van der Waals surface area (Å²) in [6, 6.07) is 9.66. The summed E-state index contributed by atoms with van der Waals surface area (Å²) >= 11 is 1.55. The van der Waals surface area contributed by atoms with E-state index in [-0.39, 0.29) is 0 Å². The fourth-order valence-electron chi connectivity index (χ4n) is 4.20. The van der Waals surface area contributed by atoms with Crippen LogP contribution in [0, 0.1) is 0 Å². The third-order valence-corrected chi connectivity index (χ3v) is 7.30. The molecule has 3 N–H and O–H groups in total. The molecule has 7 heteroatoms. The van der Waals surface area contributed by atoms with E-state index in [1.54, 1.807) is 23.6 Å². The Hall–Kier alpha value is -3.03. The smallest absolute Gasteiger partial charge is 0.138 e. The average molecular weight is 418 g/mol. The first-order valence-electron chi connectivity index (χ1n) is 9.98. The Morgan fingerprint density at radius 2 is 2.00 bits per heavy atom. The number of hydrogen-bond acceptors (Lipinski definition) is 4. The van der Waals surface area contributed by atoms with Crippen molar-refractivity contribution in [2.75, 3.05) is 0 Å². The quantitative estimate of drug-likeness (QED) is 0.352. The number of thiazole rings is 1. The van der Waals surface area contributed by atoms with Crippen LogP contribution in [0.4, 0.5) is 4.39 Å². The van der Waals surface area contributed by atoms with Crippen molar-refractivity contribution in [3.05, 3.63) is 59.5 Å². The van der Waals surface area contributed by atoms with Crippen LogP contribution in [0.15, 0.2) is 48.9 Å². The predicted molar refractivity (Wildman–Crippen MR) is 117 cm³/mol. The molecule has 0 unspecified atom stereocenters. The van der Waals surface area contributed by atoms with Crippen LogP contribution in [0.3, 0.4) is 0 Å². The minimum absolute atomic E-state index is 0.487. The van der Waals surface area contributed by atoms with E-state index in [4.69, 9.17) is 0 Å². The number of aliphatic hydroxyl groups is 1. The van der Waals surface area contributed by atoms with Gasteiger partial charge in [-0.2, -0.15) is 0 Å². The van der Waals surface area contributed by atoms with Gasteiger partial charge in [0.2, 0.25) is 0 Å². The Morgan fingerprint density at radius 1 is 1.10 bits per heavy atom. The molecule has 0 saturated heterocycles. The second-order valence-electron chi connectivity index (χ2n) is 7.93. The number of alkyl halides is 1. The fourth-order valence-corrected chi connectivity index (χ4v) is 5.30. The van der Waals surface area contributed by atoms with Gasteiger partial charge in [-0.1, -0.05) is 6.07 Å². The van der Waals surface area contributed by atoms with Crippen LogP contribution in [-0.4, -0.2) is 25.0 Å². The zero-order valence-corrected chi connectivity index (χ0v) is 16.9. The van der Waals surface area contributed by atoms with Crippen LogP contribution in [0.2, 0.25) is 0 Å². The maximum absolute atomic E-state index is 13.2. The first kappa shape index (κ1) is 17.8. The Kier molecular flexibility index (Phi) is 3.85. The van der Waals surface area contributed by atoms with Crippen molar-refractivity contribution in [3.63, 3.8) is 0 Å². The summed E-state index contributed by atoms with van der Waals surface area (Å²) in [5, 5.41) is 13.4. The number of pyridine rings is 1. The predicted octanol–water partition coefficient (Wildman–Crippen LogP) is 5.68. The second-order valence-corrected chi connectivity index (χ2v) is 8.97. The highest BCUT2D eigenvalue weighted by Crippen LogP contribution is 2.45. The lowest BCUT2D eigenvalue weighted by molar-refractivity contribution is -0.0389. The highest BCUT2D eigenvalue weighted by Gasteiger charge is 2.39. The number of fused-ring (bicyclic) bond motifs is 2. The maximum atomic E-state index is 13.2. The van der Waals surface area contributed by atoms with Crippen LogP contribution < -0.4 is 0 Å². The van der Waals surface area contributed by atoms with Gasteiger partial charge in [-0.25, -0.2) is 14.4 Å². The van der Waals surface area contributed by atoms with E-state index < -0.39 is 12.3 Å². The lowest BCUT2D eigenvalue weighted by Gasteiger charge is -2.34. The van der Waals surface area contributed by atoms with Crippen LogP contribution in [0.25, 0.3) is 43.6 Å². The summed E-state index contributed by atoms with van der Waals surface area (Å²) in [4.78, 5) is 16.7. The zero-order chi connectivity index (χ0) is 20.3. The van der Waals surface area contributed by atoms with E-state index in [1.165, 1.54) is 0 Å². The van der Waals surface area contributed by atoms with Crippen LogP contribution in [0.5, 0.6) is 0 Å². The van der Waals surface area contributed by atoms with Gasteiger partial charge < -0.3 is 15.1 Å². The Morgan fingerprint density at radius 3 is 2.80 bits per heavy atom. The summed E-state index contributed by atoms with van der Waals surface area (Å²) in [6.07, 6.45) is 8.17. The van der Waals surface area contributed by atoms with E-state index in [2.05, 4.69) is 26.0 Å². The monoisotopic (exact) mass is 418 g/mol. The number of aromatic amines is 2. The lowest BCUT2D eigenvalue weighted by atomic mass is 9.81. The van der Waals surface area contributed by atoms with Gasteiger partial charge in [0, 0.05) is 51.7 Å². The molecule has 0 radical (unpaired) electrons. The van der Waals surface area contributed by atoms with Crippen molar-refractivity contribution in [1.29, 1.82) is 0 Å². The molecule has 1 fully saturated rings. The van der Waals surface area contributed by atoms with E-state index in [1.807, 2.05) is 30.6 Å². The van der Waals surface area contributed by atoms with Crippen molar-refractivity contribution in [2.45, 2.75) is 31.5 Å². The molecule has 5 nitrogen and oxygen atoms in total. The van der Waals surface area contributed by atoms with Crippen molar-refractivity contribution < 1.29 is 9.50 Å². The van der Waals surface area contributed by atoms with Gasteiger partial charge in [0.05, 0.1) is 4.88 Å². The molecule has 4 aromatic heterocycles. The highest BCUT2D eigenvalue weighted by molar-refractivity contribution is 7.15. The van der Waals surface area contributed by atoms with Gasteiger partial charge in [0.15, 0.2) is 0 Å². The van der Waals surface area contributed by atoms with Crippen molar-refractivity contribution in [2.24, 2.45) is 0 Å².